The second-order valence-electron chi connectivity index (χ2n) is 5.01. The Labute approximate surface area is 169 Å². The van der Waals surface area contributed by atoms with Gasteiger partial charge in [-0.25, -0.2) is 0 Å². The van der Waals surface area contributed by atoms with Gasteiger partial charge in [0.2, 0.25) is 3.79 Å². The van der Waals surface area contributed by atoms with Crippen molar-refractivity contribution in [2.24, 2.45) is 0 Å². The monoisotopic (exact) mass is 473 g/mol. The number of halogens is 4. The molecule has 1 aromatic carbocycles. The predicted octanol–water partition coefficient (Wildman–Crippen LogP) is 3.08. The first-order valence-electron chi connectivity index (χ1n) is 7.03. The van der Waals surface area contributed by atoms with Gasteiger partial charge < -0.3 is 20.3 Å². The third-order valence-corrected chi connectivity index (χ3v) is 4.78. The van der Waals surface area contributed by atoms with E-state index in [1.807, 2.05) is 11.0 Å². The first-order valence-corrected chi connectivity index (χ1v) is 9.37. The SMILES string of the molecule is O=C(NC(NC(=S)N1CCOCC1)C(Cl)(Cl)Cl)c1cccc(Br)c1. The second kappa shape index (κ2) is 8.87. The first kappa shape index (κ1) is 20.0. The zero-order chi connectivity index (χ0) is 17.7. The summed E-state index contributed by atoms with van der Waals surface area (Å²) in [5.41, 5.74) is 0.433. The highest BCUT2D eigenvalue weighted by Crippen LogP contribution is 2.29. The maximum atomic E-state index is 12.4. The number of nitrogens with one attached hydrogen (secondary N) is 2. The van der Waals surface area contributed by atoms with Gasteiger partial charge in [0.25, 0.3) is 5.91 Å². The Balaban J connectivity index is 2.05. The maximum Gasteiger partial charge on any atom is 0.253 e. The van der Waals surface area contributed by atoms with Crippen molar-refractivity contribution in [3.05, 3.63) is 34.3 Å². The van der Waals surface area contributed by atoms with E-state index in [1.54, 1.807) is 18.2 Å². The van der Waals surface area contributed by atoms with Crippen LogP contribution < -0.4 is 10.6 Å². The van der Waals surface area contributed by atoms with Gasteiger partial charge in [0.05, 0.1) is 13.2 Å². The summed E-state index contributed by atoms with van der Waals surface area (Å²) in [7, 11) is 0. The predicted molar refractivity (Wildman–Crippen MR) is 104 cm³/mol. The molecule has 0 spiro atoms. The van der Waals surface area contributed by atoms with E-state index in [-0.39, 0.29) is 5.91 Å². The Morgan fingerprint density at radius 1 is 1.29 bits per heavy atom. The van der Waals surface area contributed by atoms with Gasteiger partial charge in [0.15, 0.2) is 5.11 Å². The van der Waals surface area contributed by atoms with Crippen molar-refractivity contribution in [1.82, 2.24) is 15.5 Å². The first-order chi connectivity index (χ1) is 11.3. The molecule has 0 aliphatic carbocycles. The summed E-state index contributed by atoms with van der Waals surface area (Å²) in [6.45, 7) is 2.42. The van der Waals surface area contributed by atoms with E-state index in [9.17, 15) is 4.79 Å². The lowest BCUT2D eigenvalue weighted by atomic mass is 10.2. The number of thiocarbonyl (C=S) groups is 1. The summed E-state index contributed by atoms with van der Waals surface area (Å²) in [5.74, 6) is -0.384. The number of alkyl halides is 3. The van der Waals surface area contributed by atoms with Crippen LogP contribution in [0.15, 0.2) is 28.7 Å². The molecule has 1 aliphatic rings. The molecule has 1 aliphatic heterocycles. The normalized spacial score (nSPS) is 16.4. The van der Waals surface area contributed by atoms with Crippen LogP contribution in [-0.2, 0) is 4.74 Å². The molecule has 10 heteroatoms. The average Bonchev–Trinajstić information content (AvgIpc) is 2.54. The number of amides is 1. The number of ether oxygens (including phenoxy) is 1. The van der Waals surface area contributed by atoms with Crippen LogP contribution in [-0.4, -0.2) is 52.2 Å². The van der Waals surface area contributed by atoms with Gasteiger partial charge in [-0.15, -0.1) is 0 Å². The standard InChI is InChI=1S/C14H15BrCl3N3O2S/c15-10-3-1-2-9(8-10)11(22)19-12(14(16,17)18)20-13(24)21-4-6-23-7-5-21/h1-3,8,12H,4-7H2,(H,19,22)(H,20,24). The Morgan fingerprint density at radius 3 is 2.54 bits per heavy atom. The fourth-order valence-electron chi connectivity index (χ4n) is 2.03. The fraction of sp³-hybridized carbons (Fsp3) is 0.429. The molecule has 1 fully saturated rings. The molecule has 1 heterocycles. The van der Waals surface area contributed by atoms with Gasteiger partial charge >= 0.3 is 0 Å². The van der Waals surface area contributed by atoms with Crippen molar-refractivity contribution in [1.29, 1.82) is 0 Å². The highest BCUT2D eigenvalue weighted by Gasteiger charge is 2.35. The number of benzene rings is 1. The van der Waals surface area contributed by atoms with Crippen molar-refractivity contribution in [3.8, 4) is 0 Å². The summed E-state index contributed by atoms with van der Waals surface area (Å²) in [6, 6.07) is 6.89. The number of hydrogen-bond acceptors (Lipinski definition) is 3. The molecule has 1 atom stereocenters. The molecule has 1 amide bonds. The van der Waals surface area contributed by atoms with Crippen LogP contribution in [0.1, 0.15) is 10.4 Å². The van der Waals surface area contributed by atoms with Crippen LogP contribution in [0.5, 0.6) is 0 Å². The van der Waals surface area contributed by atoms with Gasteiger partial charge in [-0.1, -0.05) is 56.8 Å². The topological polar surface area (TPSA) is 53.6 Å². The smallest absolute Gasteiger partial charge is 0.253 e. The summed E-state index contributed by atoms with van der Waals surface area (Å²) in [6.07, 6.45) is -0.982. The zero-order valence-corrected chi connectivity index (χ0v) is 17.1. The Hall–Kier alpha value is -0.310. The van der Waals surface area contributed by atoms with Gasteiger partial charge in [0, 0.05) is 23.1 Å². The highest BCUT2D eigenvalue weighted by molar-refractivity contribution is 9.10. The van der Waals surface area contributed by atoms with Crippen LogP contribution in [0.2, 0.25) is 0 Å². The summed E-state index contributed by atoms with van der Waals surface area (Å²) in [5, 5.41) is 5.96. The molecule has 0 radical (unpaired) electrons. The summed E-state index contributed by atoms with van der Waals surface area (Å²) in [4.78, 5) is 14.3. The van der Waals surface area contributed by atoms with E-state index >= 15 is 0 Å². The third kappa shape index (κ3) is 5.89. The van der Waals surface area contributed by atoms with Crippen molar-refractivity contribution in [3.63, 3.8) is 0 Å². The van der Waals surface area contributed by atoms with E-state index in [0.29, 0.717) is 37.0 Å². The van der Waals surface area contributed by atoms with Gasteiger partial charge in [0.1, 0.15) is 6.17 Å². The van der Waals surface area contributed by atoms with E-state index in [4.69, 9.17) is 51.8 Å². The van der Waals surface area contributed by atoms with E-state index in [0.717, 1.165) is 4.47 Å². The lowest BCUT2D eigenvalue weighted by Crippen LogP contribution is -2.59. The van der Waals surface area contributed by atoms with Crippen molar-refractivity contribution < 1.29 is 9.53 Å². The van der Waals surface area contributed by atoms with Crippen LogP contribution >= 0.6 is 63.0 Å². The highest BCUT2D eigenvalue weighted by atomic mass is 79.9. The molecule has 1 unspecified atom stereocenters. The third-order valence-electron chi connectivity index (χ3n) is 3.26. The molecule has 0 saturated carbocycles. The van der Waals surface area contributed by atoms with Gasteiger partial charge in [-0.2, -0.15) is 0 Å². The molecule has 2 N–H and O–H groups in total. The Bertz CT molecular complexity index is 609. The van der Waals surface area contributed by atoms with Crippen LogP contribution in [0, 0.1) is 0 Å². The fourth-order valence-corrected chi connectivity index (χ4v) is 3.05. The van der Waals surface area contributed by atoms with E-state index in [2.05, 4.69) is 26.6 Å². The van der Waals surface area contributed by atoms with Crippen LogP contribution in [0.25, 0.3) is 0 Å². The quantitative estimate of drug-likeness (QED) is 0.400. The largest absolute Gasteiger partial charge is 0.378 e. The van der Waals surface area contributed by atoms with Crippen LogP contribution in [0.3, 0.4) is 0 Å². The molecule has 24 heavy (non-hydrogen) atoms. The number of morpholine rings is 1. The molecular weight excluding hydrogens is 461 g/mol. The summed E-state index contributed by atoms with van der Waals surface area (Å²) < 4.78 is 4.27. The summed E-state index contributed by atoms with van der Waals surface area (Å²) >= 11 is 26.6. The Morgan fingerprint density at radius 2 is 1.96 bits per heavy atom. The van der Waals surface area contributed by atoms with E-state index < -0.39 is 9.96 Å². The van der Waals surface area contributed by atoms with Gasteiger partial charge in [-0.3, -0.25) is 4.79 Å². The van der Waals surface area contributed by atoms with Crippen molar-refractivity contribution in [2.75, 3.05) is 26.3 Å². The minimum Gasteiger partial charge on any atom is -0.378 e. The molecule has 0 aromatic heterocycles. The molecule has 2 rings (SSSR count). The van der Waals surface area contributed by atoms with Crippen LogP contribution in [0.4, 0.5) is 0 Å². The van der Waals surface area contributed by atoms with E-state index in [1.165, 1.54) is 0 Å². The Kier molecular flexibility index (Phi) is 7.39. The van der Waals surface area contributed by atoms with Gasteiger partial charge in [-0.05, 0) is 30.4 Å². The molecule has 1 saturated heterocycles. The number of rotatable bonds is 3. The minimum absolute atomic E-state index is 0.384. The average molecular weight is 476 g/mol. The maximum absolute atomic E-state index is 12.4. The molecule has 0 bridgehead atoms. The molecular formula is C14H15BrCl3N3O2S. The second-order valence-corrected chi connectivity index (χ2v) is 8.68. The molecule has 5 nitrogen and oxygen atoms in total. The van der Waals surface area contributed by atoms with Crippen molar-refractivity contribution in [2.45, 2.75) is 9.96 Å². The lowest BCUT2D eigenvalue weighted by Gasteiger charge is -2.34. The molecule has 132 valence electrons. The lowest BCUT2D eigenvalue weighted by molar-refractivity contribution is 0.0671. The number of nitrogens with zero attached hydrogens (tertiary/aromatic N) is 1. The zero-order valence-electron chi connectivity index (χ0n) is 12.4. The number of hydrogen-bond donors (Lipinski definition) is 2. The minimum atomic E-state index is -1.78. The van der Waals surface area contributed by atoms with Crippen molar-refractivity contribution >= 4 is 74.0 Å². The molecule has 1 aromatic rings. The number of carbonyl (C=O) groups is 1. The number of carbonyl (C=O) groups excluding carboxylic acids is 1.